The van der Waals surface area contributed by atoms with Crippen LogP contribution in [0.2, 0.25) is 0 Å². The zero-order chi connectivity index (χ0) is 18.9. The molecular formula is C17H28N4O4S. The summed E-state index contributed by atoms with van der Waals surface area (Å²) in [5.74, 6) is 0.261. The number of aryl methyl sites for hydroxylation is 2. The molecule has 2 heterocycles. The molecule has 1 saturated heterocycles. The molecule has 2 fully saturated rings. The van der Waals surface area contributed by atoms with Crippen LogP contribution in [0.3, 0.4) is 0 Å². The smallest absolute Gasteiger partial charge is 0.248 e. The van der Waals surface area contributed by atoms with Crippen LogP contribution in [-0.4, -0.2) is 60.4 Å². The van der Waals surface area contributed by atoms with Crippen LogP contribution in [-0.2, 0) is 14.8 Å². The fourth-order valence-corrected chi connectivity index (χ4v) is 5.78. The lowest BCUT2D eigenvalue weighted by molar-refractivity contribution is -0.138. The van der Waals surface area contributed by atoms with Crippen molar-refractivity contribution in [3.63, 3.8) is 0 Å². The van der Waals surface area contributed by atoms with Gasteiger partial charge in [-0.3, -0.25) is 4.79 Å². The lowest BCUT2D eigenvalue weighted by atomic mass is 9.81. The van der Waals surface area contributed by atoms with Gasteiger partial charge < -0.3 is 15.2 Å². The number of carbonyl (C=O) groups excluding carboxylic acids is 1. The summed E-state index contributed by atoms with van der Waals surface area (Å²) < 4.78 is 32.4. The van der Waals surface area contributed by atoms with Crippen LogP contribution >= 0.6 is 0 Å². The summed E-state index contributed by atoms with van der Waals surface area (Å²) >= 11 is 0. The molecule has 0 aromatic carbocycles. The molecule has 1 aromatic rings. The Morgan fingerprint density at radius 1 is 1.08 bits per heavy atom. The maximum Gasteiger partial charge on any atom is 0.248 e. The minimum atomic E-state index is -3.68. The number of nitrogens with two attached hydrogens (primary N) is 1. The summed E-state index contributed by atoms with van der Waals surface area (Å²) in [6, 6.07) is 0. The Balaban J connectivity index is 1.73. The molecule has 8 nitrogen and oxygen atoms in total. The highest BCUT2D eigenvalue weighted by atomic mass is 32.2. The number of amides is 1. The van der Waals surface area contributed by atoms with E-state index in [0.717, 1.165) is 19.3 Å². The molecule has 1 saturated carbocycles. The van der Waals surface area contributed by atoms with Gasteiger partial charge in [0.2, 0.25) is 15.9 Å². The summed E-state index contributed by atoms with van der Waals surface area (Å²) in [6.45, 7) is 4.74. The van der Waals surface area contributed by atoms with Crippen molar-refractivity contribution in [3.8, 4) is 0 Å². The number of sulfonamides is 1. The van der Waals surface area contributed by atoms with Crippen LogP contribution in [0, 0.1) is 13.8 Å². The highest BCUT2D eigenvalue weighted by Gasteiger charge is 2.40. The SMILES string of the molecule is Cc1noc(C)c1S(=O)(=O)N1CCCN(C(=O)C2(N)CCCCC2)CC1. The lowest BCUT2D eigenvalue weighted by Crippen LogP contribution is -2.56. The second-order valence-corrected chi connectivity index (χ2v) is 9.29. The van der Waals surface area contributed by atoms with Crippen molar-refractivity contribution in [1.82, 2.24) is 14.4 Å². The van der Waals surface area contributed by atoms with E-state index in [4.69, 9.17) is 10.3 Å². The Bertz CT molecular complexity index is 748. The second-order valence-electron chi connectivity index (χ2n) is 7.42. The van der Waals surface area contributed by atoms with Crippen molar-refractivity contribution in [2.45, 2.75) is 62.8 Å². The summed E-state index contributed by atoms with van der Waals surface area (Å²) in [6.07, 6.45) is 5.08. The van der Waals surface area contributed by atoms with Gasteiger partial charge in [0.05, 0.1) is 5.54 Å². The molecule has 1 aliphatic heterocycles. The Morgan fingerprint density at radius 2 is 1.77 bits per heavy atom. The highest BCUT2D eigenvalue weighted by molar-refractivity contribution is 7.89. The number of rotatable bonds is 3. The van der Waals surface area contributed by atoms with Crippen LogP contribution in [0.25, 0.3) is 0 Å². The van der Waals surface area contributed by atoms with Crippen LogP contribution in [0.4, 0.5) is 0 Å². The first-order chi connectivity index (χ1) is 12.3. The molecule has 26 heavy (non-hydrogen) atoms. The molecule has 146 valence electrons. The average molecular weight is 385 g/mol. The first kappa shape index (κ1) is 19.3. The summed E-state index contributed by atoms with van der Waals surface area (Å²) in [7, 11) is -3.68. The van der Waals surface area contributed by atoms with E-state index in [-0.39, 0.29) is 17.3 Å². The van der Waals surface area contributed by atoms with E-state index < -0.39 is 15.6 Å². The third-order valence-corrected chi connectivity index (χ3v) is 7.62. The predicted octanol–water partition coefficient (Wildman–Crippen LogP) is 1.18. The van der Waals surface area contributed by atoms with Crippen molar-refractivity contribution in [2.24, 2.45) is 5.73 Å². The normalized spacial score (nSPS) is 22.2. The van der Waals surface area contributed by atoms with Crippen molar-refractivity contribution in [1.29, 1.82) is 0 Å². The van der Waals surface area contributed by atoms with E-state index in [1.165, 1.54) is 4.31 Å². The standard InChI is InChI=1S/C17H28N4O4S/c1-13-15(14(2)25-19-13)26(23,24)21-10-6-9-20(11-12-21)16(22)17(18)7-4-3-5-8-17/h3-12,18H2,1-2H3. The maximum atomic E-state index is 13.0. The molecule has 9 heteroatoms. The third-order valence-electron chi connectivity index (χ3n) is 5.48. The van der Waals surface area contributed by atoms with Crippen LogP contribution < -0.4 is 5.73 Å². The second kappa shape index (κ2) is 7.28. The molecule has 1 aromatic heterocycles. The van der Waals surface area contributed by atoms with Gasteiger partial charge in [-0.2, -0.15) is 4.31 Å². The van der Waals surface area contributed by atoms with Crippen molar-refractivity contribution in [2.75, 3.05) is 26.2 Å². The number of hydrogen-bond acceptors (Lipinski definition) is 6. The fourth-order valence-electron chi connectivity index (χ4n) is 4.02. The number of hydrogen-bond donors (Lipinski definition) is 1. The van der Waals surface area contributed by atoms with Gasteiger partial charge in [-0.15, -0.1) is 0 Å². The average Bonchev–Trinajstić information content (AvgIpc) is 2.81. The van der Waals surface area contributed by atoms with E-state index in [9.17, 15) is 13.2 Å². The highest BCUT2D eigenvalue weighted by Crippen LogP contribution is 2.29. The molecule has 2 N–H and O–H groups in total. The van der Waals surface area contributed by atoms with Crippen LogP contribution in [0.15, 0.2) is 9.42 Å². The quantitative estimate of drug-likeness (QED) is 0.838. The molecule has 0 unspecified atom stereocenters. The predicted molar refractivity (Wildman–Crippen MR) is 95.9 cm³/mol. The van der Waals surface area contributed by atoms with Gasteiger partial charge in [0.15, 0.2) is 5.76 Å². The van der Waals surface area contributed by atoms with Gasteiger partial charge in [0.25, 0.3) is 0 Å². The van der Waals surface area contributed by atoms with E-state index >= 15 is 0 Å². The van der Waals surface area contributed by atoms with E-state index in [2.05, 4.69) is 5.16 Å². The van der Waals surface area contributed by atoms with Gasteiger partial charge in [-0.1, -0.05) is 24.4 Å². The summed E-state index contributed by atoms with van der Waals surface area (Å²) in [4.78, 5) is 14.8. The monoisotopic (exact) mass is 384 g/mol. The van der Waals surface area contributed by atoms with Gasteiger partial charge in [-0.05, 0) is 33.1 Å². The number of carbonyl (C=O) groups is 1. The fraction of sp³-hybridized carbons (Fsp3) is 0.765. The molecule has 2 aliphatic rings. The molecular weight excluding hydrogens is 356 g/mol. The maximum absolute atomic E-state index is 13.0. The molecule has 1 aliphatic carbocycles. The van der Waals surface area contributed by atoms with Gasteiger partial charge in [0.1, 0.15) is 10.6 Å². The minimum Gasteiger partial charge on any atom is -0.360 e. The Hall–Kier alpha value is -1.45. The molecule has 1 amide bonds. The first-order valence-electron chi connectivity index (χ1n) is 9.27. The van der Waals surface area contributed by atoms with E-state index in [1.54, 1.807) is 18.7 Å². The van der Waals surface area contributed by atoms with Gasteiger partial charge in [0, 0.05) is 26.2 Å². The van der Waals surface area contributed by atoms with Crippen molar-refractivity contribution >= 4 is 15.9 Å². The molecule has 0 atom stereocenters. The largest absolute Gasteiger partial charge is 0.360 e. The molecule has 0 spiro atoms. The molecule has 0 bridgehead atoms. The summed E-state index contributed by atoms with van der Waals surface area (Å²) in [5, 5.41) is 3.75. The third kappa shape index (κ3) is 3.52. The summed E-state index contributed by atoms with van der Waals surface area (Å²) in [5.41, 5.74) is 5.96. The van der Waals surface area contributed by atoms with Crippen LogP contribution in [0.5, 0.6) is 0 Å². The Morgan fingerprint density at radius 3 is 2.38 bits per heavy atom. The minimum absolute atomic E-state index is 0.0335. The van der Waals surface area contributed by atoms with Crippen LogP contribution in [0.1, 0.15) is 50.0 Å². The topological polar surface area (TPSA) is 110 Å². The Kier molecular flexibility index (Phi) is 5.41. The molecule has 0 radical (unpaired) electrons. The molecule has 3 rings (SSSR count). The number of aromatic nitrogens is 1. The van der Waals surface area contributed by atoms with E-state index in [1.807, 2.05) is 0 Å². The number of nitrogens with zero attached hydrogens (tertiary/aromatic N) is 3. The first-order valence-corrected chi connectivity index (χ1v) is 10.7. The van der Waals surface area contributed by atoms with Crippen molar-refractivity contribution < 1.29 is 17.7 Å². The Labute approximate surface area is 154 Å². The lowest BCUT2D eigenvalue weighted by Gasteiger charge is -2.36. The van der Waals surface area contributed by atoms with E-state index in [0.29, 0.717) is 50.4 Å². The zero-order valence-electron chi connectivity index (χ0n) is 15.5. The van der Waals surface area contributed by atoms with Gasteiger partial charge >= 0.3 is 0 Å². The van der Waals surface area contributed by atoms with Crippen molar-refractivity contribution in [3.05, 3.63) is 11.5 Å². The van der Waals surface area contributed by atoms with Gasteiger partial charge in [-0.25, -0.2) is 8.42 Å². The zero-order valence-corrected chi connectivity index (χ0v) is 16.3.